The van der Waals surface area contributed by atoms with E-state index in [1.807, 2.05) is 0 Å². The van der Waals surface area contributed by atoms with Gasteiger partial charge in [-0.1, -0.05) is 24.3 Å². The number of hydrogen-bond acceptors (Lipinski definition) is 2. The molecule has 0 aromatic heterocycles. The summed E-state index contributed by atoms with van der Waals surface area (Å²) in [7, 11) is 0. The lowest BCUT2D eigenvalue weighted by atomic mass is 9.93. The van der Waals surface area contributed by atoms with Crippen LogP contribution in [0.1, 0.15) is 42.7 Å². The van der Waals surface area contributed by atoms with Gasteiger partial charge in [0, 0.05) is 19.1 Å². The maximum Gasteiger partial charge on any atom is 0.0233 e. The van der Waals surface area contributed by atoms with Crippen LogP contribution in [0.2, 0.25) is 0 Å². The van der Waals surface area contributed by atoms with Crippen molar-refractivity contribution in [3.8, 4) is 0 Å². The molecular formula is C17H25ClN2. The number of fused-ring (bicyclic) bond motifs is 1. The van der Waals surface area contributed by atoms with E-state index in [9.17, 15) is 0 Å². The van der Waals surface area contributed by atoms with Crippen molar-refractivity contribution in [1.82, 2.24) is 10.2 Å². The second-order valence-electron chi connectivity index (χ2n) is 6.65. The summed E-state index contributed by atoms with van der Waals surface area (Å²) in [6.07, 6.45) is 5.53. The summed E-state index contributed by atoms with van der Waals surface area (Å²) in [5.41, 5.74) is 3.10. The number of piperidine rings is 1. The first-order chi connectivity index (χ1) is 9.38. The molecule has 1 N–H and O–H groups in total. The zero-order chi connectivity index (χ0) is 12.7. The van der Waals surface area contributed by atoms with Crippen molar-refractivity contribution in [1.29, 1.82) is 0 Å². The van der Waals surface area contributed by atoms with Gasteiger partial charge in [-0.05, 0) is 61.7 Å². The van der Waals surface area contributed by atoms with E-state index in [1.165, 1.54) is 50.9 Å². The fourth-order valence-electron chi connectivity index (χ4n) is 3.89. The van der Waals surface area contributed by atoms with Crippen molar-refractivity contribution in [2.45, 2.75) is 44.2 Å². The van der Waals surface area contributed by atoms with Crippen LogP contribution in [0.15, 0.2) is 24.3 Å². The molecule has 1 aromatic carbocycles. The van der Waals surface area contributed by atoms with Crippen LogP contribution < -0.4 is 5.32 Å². The van der Waals surface area contributed by atoms with Crippen molar-refractivity contribution in [3.05, 3.63) is 35.4 Å². The van der Waals surface area contributed by atoms with E-state index in [0.29, 0.717) is 0 Å². The lowest BCUT2D eigenvalue weighted by Crippen LogP contribution is -2.43. The monoisotopic (exact) mass is 292 g/mol. The molecule has 2 atom stereocenters. The molecular weight excluding hydrogens is 268 g/mol. The van der Waals surface area contributed by atoms with Crippen LogP contribution in [0.5, 0.6) is 0 Å². The summed E-state index contributed by atoms with van der Waals surface area (Å²) in [5, 5.41) is 3.65. The average molecular weight is 293 g/mol. The molecule has 1 aliphatic carbocycles. The molecule has 20 heavy (non-hydrogen) atoms. The highest BCUT2D eigenvalue weighted by Gasteiger charge is 2.32. The first-order valence-electron chi connectivity index (χ1n) is 7.93. The summed E-state index contributed by atoms with van der Waals surface area (Å²) in [5.74, 6) is 1.78. The van der Waals surface area contributed by atoms with Gasteiger partial charge >= 0.3 is 0 Å². The largest absolute Gasteiger partial charge is 0.314 e. The van der Waals surface area contributed by atoms with Crippen LogP contribution >= 0.6 is 12.4 Å². The molecule has 0 radical (unpaired) electrons. The highest BCUT2D eigenvalue weighted by atomic mass is 35.5. The van der Waals surface area contributed by atoms with Gasteiger partial charge in [0.1, 0.15) is 0 Å². The number of halogens is 1. The zero-order valence-corrected chi connectivity index (χ0v) is 12.9. The van der Waals surface area contributed by atoms with Gasteiger partial charge in [0.15, 0.2) is 0 Å². The lowest BCUT2D eigenvalue weighted by molar-refractivity contribution is 0.156. The summed E-state index contributed by atoms with van der Waals surface area (Å²) in [6.45, 7) is 4.96. The van der Waals surface area contributed by atoms with Gasteiger partial charge in [0.05, 0.1) is 0 Å². The molecule has 1 saturated carbocycles. The maximum absolute atomic E-state index is 3.65. The Bertz CT molecular complexity index is 458. The van der Waals surface area contributed by atoms with E-state index < -0.39 is 0 Å². The summed E-state index contributed by atoms with van der Waals surface area (Å²) in [6, 6.07) is 10.1. The Balaban J connectivity index is 0.00000121. The molecule has 0 bridgehead atoms. The van der Waals surface area contributed by atoms with Crippen LogP contribution in [0.4, 0.5) is 0 Å². The number of benzene rings is 1. The minimum Gasteiger partial charge on any atom is -0.314 e. The predicted molar refractivity (Wildman–Crippen MR) is 85.5 cm³/mol. The third kappa shape index (κ3) is 3.03. The molecule has 0 amide bonds. The topological polar surface area (TPSA) is 15.3 Å². The molecule has 0 spiro atoms. The fourth-order valence-corrected chi connectivity index (χ4v) is 3.89. The summed E-state index contributed by atoms with van der Waals surface area (Å²) in [4.78, 5) is 2.67. The number of likely N-dealkylation sites (tertiary alicyclic amines) is 1. The first-order valence-corrected chi connectivity index (χ1v) is 7.93. The van der Waals surface area contributed by atoms with E-state index in [2.05, 4.69) is 34.5 Å². The third-order valence-electron chi connectivity index (χ3n) is 5.15. The van der Waals surface area contributed by atoms with Crippen LogP contribution in [0.25, 0.3) is 0 Å². The maximum atomic E-state index is 3.65. The van der Waals surface area contributed by atoms with Gasteiger partial charge in [-0.3, -0.25) is 4.90 Å². The van der Waals surface area contributed by atoms with Crippen molar-refractivity contribution in [2.24, 2.45) is 5.92 Å². The molecule has 3 heteroatoms. The number of rotatable bonds is 3. The zero-order valence-electron chi connectivity index (χ0n) is 12.1. The number of hydrogen-bond donors (Lipinski definition) is 1. The molecule has 2 nitrogen and oxygen atoms in total. The predicted octanol–water partition coefficient (Wildman–Crippen LogP) is 3.17. The third-order valence-corrected chi connectivity index (χ3v) is 5.15. The van der Waals surface area contributed by atoms with Gasteiger partial charge < -0.3 is 5.32 Å². The summed E-state index contributed by atoms with van der Waals surface area (Å²) < 4.78 is 0. The van der Waals surface area contributed by atoms with Gasteiger partial charge in [-0.2, -0.15) is 0 Å². The quantitative estimate of drug-likeness (QED) is 0.920. The minimum atomic E-state index is 0. The van der Waals surface area contributed by atoms with Crippen molar-refractivity contribution < 1.29 is 0 Å². The summed E-state index contributed by atoms with van der Waals surface area (Å²) >= 11 is 0. The average Bonchev–Trinajstić information content (AvgIpc) is 3.18. The van der Waals surface area contributed by atoms with Crippen LogP contribution in [0.3, 0.4) is 0 Å². The Morgan fingerprint density at radius 1 is 1.15 bits per heavy atom. The van der Waals surface area contributed by atoms with E-state index in [-0.39, 0.29) is 12.4 Å². The van der Waals surface area contributed by atoms with Crippen molar-refractivity contribution in [2.75, 3.05) is 19.6 Å². The highest BCUT2D eigenvalue weighted by Crippen LogP contribution is 2.40. The standard InChI is InChI=1S/C17H24N2.ClH/c1-2-13(10-15(3-1)14-4-5-14)11-19-9-7-17-16(12-19)6-8-18-17;/h1-3,10,14,16-18H,4-9,11-12H2;1H. The highest BCUT2D eigenvalue weighted by molar-refractivity contribution is 5.85. The molecule has 3 fully saturated rings. The molecule has 4 rings (SSSR count). The molecule has 1 aromatic rings. The molecule has 2 heterocycles. The van der Waals surface area contributed by atoms with E-state index in [4.69, 9.17) is 0 Å². The van der Waals surface area contributed by atoms with E-state index >= 15 is 0 Å². The van der Waals surface area contributed by atoms with Gasteiger partial charge in [-0.25, -0.2) is 0 Å². The fraction of sp³-hybridized carbons (Fsp3) is 0.647. The minimum absolute atomic E-state index is 0. The Hall–Kier alpha value is -0.570. The van der Waals surface area contributed by atoms with E-state index in [1.54, 1.807) is 5.56 Å². The van der Waals surface area contributed by atoms with Crippen LogP contribution in [0, 0.1) is 5.92 Å². The van der Waals surface area contributed by atoms with Crippen LogP contribution in [-0.4, -0.2) is 30.6 Å². The molecule has 2 aliphatic heterocycles. The Morgan fingerprint density at radius 2 is 2.05 bits per heavy atom. The van der Waals surface area contributed by atoms with E-state index in [0.717, 1.165) is 24.4 Å². The number of nitrogens with zero attached hydrogens (tertiary/aromatic N) is 1. The van der Waals surface area contributed by atoms with Crippen molar-refractivity contribution in [3.63, 3.8) is 0 Å². The molecule has 110 valence electrons. The van der Waals surface area contributed by atoms with Crippen LogP contribution in [-0.2, 0) is 6.54 Å². The first kappa shape index (κ1) is 14.4. The normalized spacial score (nSPS) is 29.8. The van der Waals surface area contributed by atoms with Gasteiger partial charge in [-0.15, -0.1) is 12.4 Å². The smallest absolute Gasteiger partial charge is 0.0233 e. The lowest BCUT2D eigenvalue weighted by Gasteiger charge is -2.34. The Morgan fingerprint density at radius 3 is 2.90 bits per heavy atom. The van der Waals surface area contributed by atoms with Crippen molar-refractivity contribution >= 4 is 12.4 Å². The second-order valence-corrected chi connectivity index (χ2v) is 6.65. The Labute approximate surface area is 128 Å². The second kappa shape index (κ2) is 6.05. The number of nitrogens with one attached hydrogen (secondary N) is 1. The van der Waals surface area contributed by atoms with Gasteiger partial charge in [0.2, 0.25) is 0 Å². The molecule has 2 saturated heterocycles. The Kier molecular flexibility index (Phi) is 4.34. The molecule has 3 aliphatic rings. The van der Waals surface area contributed by atoms with Gasteiger partial charge in [0.25, 0.3) is 0 Å². The molecule has 2 unspecified atom stereocenters. The SMILES string of the molecule is Cl.c1cc(CN2CCC3NCCC3C2)cc(C2CC2)c1.